The molecule has 2 aromatic carbocycles. The van der Waals surface area contributed by atoms with Crippen molar-refractivity contribution in [1.29, 1.82) is 0 Å². The van der Waals surface area contributed by atoms with E-state index in [1.807, 2.05) is 5.48 Å². The van der Waals surface area contributed by atoms with Crippen LogP contribution in [0.3, 0.4) is 0 Å². The fourth-order valence-corrected chi connectivity index (χ4v) is 2.56. The quantitative estimate of drug-likeness (QED) is 0.303. The first kappa shape index (κ1) is 17.8. The standard InChI is InChI=1S/C18H16FN3O3S/c19-13-3-6-15-12(9-13)10-16(21-15)17(23)20-7-8-25-14-4-1-11(2-5-14)18(26)22-24/h1-6,9-10,21,24H,7-8H2,(H,20,23)(H,22,26). The van der Waals surface area contributed by atoms with E-state index < -0.39 is 0 Å². The van der Waals surface area contributed by atoms with E-state index in [2.05, 4.69) is 10.3 Å². The molecular weight excluding hydrogens is 357 g/mol. The number of benzene rings is 2. The molecule has 0 radical (unpaired) electrons. The van der Waals surface area contributed by atoms with Gasteiger partial charge in [-0.3, -0.25) is 15.5 Å². The van der Waals surface area contributed by atoms with E-state index in [1.54, 1.807) is 36.4 Å². The fraction of sp³-hybridized carbons (Fsp3) is 0.111. The third-order valence-corrected chi connectivity index (χ3v) is 4.03. The second-order valence-corrected chi connectivity index (χ2v) is 5.89. The first-order valence-corrected chi connectivity index (χ1v) is 8.21. The van der Waals surface area contributed by atoms with Gasteiger partial charge in [0.25, 0.3) is 5.91 Å². The summed E-state index contributed by atoms with van der Waals surface area (Å²) in [6.07, 6.45) is 0. The number of hydrogen-bond donors (Lipinski definition) is 4. The van der Waals surface area contributed by atoms with Crippen LogP contribution in [0, 0.1) is 5.82 Å². The minimum atomic E-state index is -0.349. The third-order valence-electron chi connectivity index (χ3n) is 3.70. The van der Waals surface area contributed by atoms with Crippen LogP contribution in [0.25, 0.3) is 10.9 Å². The number of halogens is 1. The number of hydroxylamine groups is 1. The molecule has 0 spiro atoms. The van der Waals surface area contributed by atoms with Crippen LogP contribution in [-0.4, -0.2) is 34.2 Å². The zero-order valence-electron chi connectivity index (χ0n) is 13.6. The maximum atomic E-state index is 13.2. The Labute approximate surface area is 153 Å². The summed E-state index contributed by atoms with van der Waals surface area (Å²) in [7, 11) is 0. The predicted molar refractivity (Wildman–Crippen MR) is 99.1 cm³/mol. The van der Waals surface area contributed by atoms with Crippen LogP contribution in [0.15, 0.2) is 48.5 Å². The van der Waals surface area contributed by atoms with Crippen molar-refractivity contribution in [2.24, 2.45) is 0 Å². The molecule has 1 aromatic heterocycles. The van der Waals surface area contributed by atoms with Gasteiger partial charge in [0.15, 0.2) is 0 Å². The van der Waals surface area contributed by atoms with Crippen LogP contribution in [0.2, 0.25) is 0 Å². The van der Waals surface area contributed by atoms with Crippen LogP contribution in [-0.2, 0) is 0 Å². The van der Waals surface area contributed by atoms with Crippen molar-refractivity contribution in [2.45, 2.75) is 0 Å². The minimum Gasteiger partial charge on any atom is -0.492 e. The number of nitrogens with one attached hydrogen (secondary N) is 3. The maximum Gasteiger partial charge on any atom is 0.267 e. The van der Waals surface area contributed by atoms with Crippen LogP contribution in [0.1, 0.15) is 16.1 Å². The Hall–Kier alpha value is -2.97. The summed E-state index contributed by atoms with van der Waals surface area (Å²) in [5.74, 6) is -0.0249. The number of carbonyl (C=O) groups is 1. The van der Waals surface area contributed by atoms with E-state index in [1.165, 1.54) is 12.1 Å². The smallest absolute Gasteiger partial charge is 0.267 e. The number of rotatable bonds is 6. The SMILES string of the molecule is O=C(NCCOc1ccc(C(=S)NO)cc1)c1cc2cc(F)ccc2[nH]1. The lowest BCUT2D eigenvalue weighted by Crippen LogP contribution is -2.28. The highest BCUT2D eigenvalue weighted by atomic mass is 32.1. The fourth-order valence-electron chi connectivity index (χ4n) is 2.42. The normalized spacial score (nSPS) is 10.5. The van der Waals surface area contributed by atoms with E-state index in [0.29, 0.717) is 34.5 Å². The highest BCUT2D eigenvalue weighted by molar-refractivity contribution is 7.80. The molecule has 0 aliphatic heterocycles. The van der Waals surface area contributed by atoms with E-state index in [0.717, 1.165) is 0 Å². The molecule has 8 heteroatoms. The van der Waals surface area contributed by atoms with Gasteiger partial charge in [-0.25, -0.2) is 4.39 Å². The Balaban J connectivity index is 1.49. The molecule has 0 fully saturated rings. The van der Waals surface area contributed by atoms with Crippen LogP contribution >= 0.6 is 12.2 Å². The molecule has 4 N–H and O–H groups in total. The molecule has 134 valence electrons. The van der Waals surface area contributed by atoms with Crippen LogP contribution in [0.4, 0.5) is 4.39 Å². The number of carbonyl (C=O) groups excluding carboxylic acids is 1. The second kappa shape index (κ2) is 7.94. The Morgan fingerprint density at radius 1 is 1.19 bits per heavy atom. The van der Waals surface area contributed by atoms with Gasteiger partial charge in [-0.15, -0.1) is 0 Å². The van der Waals surface area contributed by atoms with Crippen molar-refractivity contribution < 1.29 is 19.1 Å². The van der Waals surface area contributed by atoms with Gasteiger partial charge in [-0.1, -0.05) is 12.2 Å². The molecule has 26 heavy (non-hydrogen) atoms. The number of hydrogen-bond acceptors (Lipinski definition) is 4. The first-order chi connectivity index (χ1) is 12.6. The van der Waals surface area contributed by atoms with E-state index in [-0.39, 0.29) is 23.3 Å². The lowest BCUT2D eigenvalue weighted by molar-refractivity contribution is 0.0943. The van der Waals surface area contributed by atoms with Gasteiger partial charge < -0.3 is 15.0 Å². The van der Waals surface area contributed by atoms with E-state index in [9.17, 15) is 9.18 Å². The van der Waals surface area contributed by atoms with Crippen molar-refractivity contribution in [3.63, 3.8) is 0 Å². The van der Waals surface area contributed by atoms with Crippen molar-refractivity contribution in [2.75, 3.05) is 13.2 Å². The molecule has 3 rings (SSSR count). The molecule has 3 aromatic rings. The summed E-state index contributed by atoms with van der Waals surface area (Å²) in [5.41, 5.74) is 3.64. The Morgan fingerprint density at radius 3 is 2.69 bits per heavy atom. The topological polar surface area (TPSA) is 86.4 Å². The summed E-state index contributed by atoms with van der Waals surface area (Å²) >= 11 is 4.90. The lowest BCUT2D eigenvalue weighted by Gasteiger charge is -2.08. The number of H-pyrrole nitrogens is 1. The first-order valence-electron chi connectivity index (χ1n) is 7.80. The third kappa shape index (κ3) is 4.16. The van der Waals surface area contributed by atoms with E-state index in [4.69, 9.17) is 22.2 Å². The number of aromatic nitrogens is 1. The predicted octanol–water partition coefficient (Wildman–Crippen LogP) is 2.77. The molecule has 0 saturated heterocycles. The van der Waals surface area contributed by atoms with Crippen molar-refractivity contribution >= 4 is 34.0 Å². The summed E-state index contributed by atoms with van der Waals surface area (Å²) in [6.45, 7) is 0.587. The van der Waals surface area contributed by atoms with Crippen LogP contribution in [0.5, 0.6) is 5.75 Å². The Bertz CT molecular complexity index is 941. The number of amides is 1. The highest BCUT2D eigenvalue weighted by Gasteiger charge is 2.09. The van der Waals surface area contributed by atoms with E-state index >= 15 is 0 Å². The van der Waals surface area contributed by atoms with Gasteiger partial charge in [0.05, 0.1) is 6.54 Å². The van der Waals surface area contributed by atoms with Gasteiger partial charge in [-0.05, 0) is 48.5 Å². The average molecular weight is 373 g/mol. The molecule has 0 aliphatic carbocycles. The molecular formula is C18H16FN3O3S. The van der Waals surface area contributed by atoms with Gasteiger partial charge in [0.2, 0.25) is 0 Å². The molecule has 0 unspecified atom stereocenters. The Kier molecular flexibility index (Phi) is 5.45. The molecule has 0 atom stereocenters. The summed E-state index contributed by atoms with van der Waals surface area (Å²) in [6, 6.07) is 12.8. The zero-order chi connectivity index (χ0) is 18.5. The van der Waals surface area contributed by atoms with Gasteiger partial charge in [-0.2, -0.15) is 0 Å². The monoisotopic (exact) mass is 373 g/mol. The molecule has 0 saturated carbocycles. The molecule has 1 heterocycles. The van der Waals surface area contributed by atoms with Crippen molar-refractivity contribution in [3.8, 4) is 5.75 Å². The molecule has 0 aliphatic rings. The number of thiocarbonyl (C=S) groups is 1. The van der Waals surface area contributed by atoms with Crippen molar-refractivity contribution in [1.82, 2.24) is 15.8 Å². The van der Waals surface area contributed by atoms with Crippen molar-refractivity contribution in [3.05, 3.63) is 65.6 Å². The molecule has 6 nitrogen and oxygen atoms in total. The largest absolute Gasteiger partial charge is 0.492 e. The maximum absolute atomic E-state index is 13.2. The summed E-state index contributed by atoms with van der Waals surface area (Å²) in [5, 5.41) is 12.1. The number of aromatic amines is 1. The number of ether oxygens (including phenoxy) is 1. The molecule has 0 bridgehead atoms. The minimum absolute atomic E-state index is 0.224. The summed E-state index contributed by atoms with van der Waals surface area (Å²) < 4.78 is 18.7. The van der Waals surface area contributed by atoms with Gasteiger partial charge in [0.1, 0.15) is 28.9 Å². The number of fused-ring (bicyclic) bond motifs is 1. The van der Waals surface area contributed by atoms with Crippen LogP contribution < -0.4 is 15.5 Å². The Morgan fingerprint density at radius 2 is 1.96 bits per heavy atom. The average Bonchev–Trinajstić information content (AvgIpc) is 3.08. The highest BCUT2D eigenvalue weighted by Crippen LogP contribution is 2.16. The lowest BCUT2D eigenvalue weighted by atomic mass is 10.2. The second-order valence-electron chi connectivity index (χ2n) is 5.48. The zero-order valence-corrected chi connectivity index (χ0v) is 14.4. The van der Waals surface area contributed by atoms with Gasteiger partial charge >= 0.3 is 0 Å². The van der Waals surface area contributed by atoms with Gasteiger partial charge in [0, 0.05) is 16.5 Å². The molecule has 1 amide bonds. The summed E-state index contributed by atoms with van der Waals surface area (Å²) in [4.78, 5) is 15.3.